The van der Waals surface area contributed by atoms with E-state index in [0.717, 1.165) is 11.2 Å². The van der Waals surface area contributed by atoms with E-state index in [0.29, 0.717) is 0 Å². The third-order valence-corrected chi connectivity index (χ3v) is 4.90. The van der Waals surface area contributed by atoms with Crippen LogP contribution in [0.3, 0.4) is 0 Å². The van der Waals surface area contributed by atoms with Crippen molar-refractivity contribution in [3.63, 3.8) is 0 Å². The van der Waals surface area contributed by atoms with Crippen molar-refractivity contribution in [2.75, 3.05) is 0 Å². The second kappa shape index (κ2) is 10.5. The Kier molecular flexibility index (Phi) is 8.62. The van der Waals surface area contributed by atoms with E-state index < -0.39 is 0 Å². The topological polar surface area (TPSA) is 62.7 Å². The SMILES string of the molecule is CC(C)OB(OC(C)C)c1ccccn1.CC1(C)OB(c2ccccn2)OC1(C)C. The molecule has 0 unspecified atom stereocenters. The summed E-state index contributed by atoms with van der Waals surface area (Å²) in [6.07, 6.45) is 3.74. The monoisotopic (exact) mass is 412 g/mol. The Morgan fingerprint density at radius 3 is 1.70 bits per heavy atom. The summed E-state index contributed by atoms with van der Waals surface area (Å²) in [6, 6.07) is 11.5. The van der Waals surface area contributed by atoms with Gasteiger partial charge in [-0.05, 0) is 79.7 Å². The quantitative estimate of drug-likeness (QED) is 0.680. The van der Waals surface area contributed by atoms with Crippen molar-refractivity contribution in [1.29, 1.82) is 0 Å². The highest BCUT2D eigenvalue weighted by atomic mass is 16.7. The molecule has 1 saturated heterocycles. The molecule has 1 aliphatic rings. The lowest BCUT2D eigenvalue weighted by atomic mass is 9.83. The summed E-state index contributed by atoms with van der Waals surface area (Å²) in [5.41, 5.74) is 1.06. The molecule has 0 spiro atoms. The molecular formula is C22H34B2N2O4. The van der Waals surface area contributed by atoms with Gasteiger partial charge in [0.15, 0.2) is 0 Å². The van der Waals surface area contributed by atoms with Gasteiger partial charge in [-0.15, -0.1) is 0 Å². The van der Waals surface area contributed by atoms with Crippen LogP contribution in [0, 0.1) is 0 Å². The molecule has 162 valence electrons. The van der Waals surface area contributed by atoms with Gasteiger partial charge in [0, 0.05) is 24.6 Å². The Morgan fingerprint density at radius 2 is 1.30 bits per heavy atom. The Morgan fingerprint density at radius 1 is 0.800 bits per heavy atom. The van der Waals surface area contributed by atoms with Crippen molar-refractivity contribution in [3.8, 4) is 0 Å². The maximum atomic E-state index is 5.87. The highest BCUT2D eigenvalue weighted by Crippen LogP contribution is 2.36. The van der Waals surface area contributed by atoms with Crippen LogP contribution in [0.4, 0.5) is 0 Å². The van der Waals surface area contributed by atoms with E-state index in [1.165, 1.54) is 0 Å². The van der Waals surface area contributed by atoms with Gasteiger partial charge in [-0.2, -0.15) is 0 Å². The van der Waals surface area contributed by atoms with E-state index in [-0.39, 0.29) is 37.6 Å². The van der Waals surface area contributed by atoms with Crippen LogP contribution in [0.5, 0.6) is 0 Å². The fourth-order valence-electron chi connectivity index (χ4n) is 2.66. The zero-order chi connectivity index (χ0) is 22.4. The molecule has 6 nitrogen and oxygen atoms in total. The first-order valence-corrected chi connectivity index (χ1v) is 10.5. The number of nitrogens with zero attached hydrogens (tertiary/aromatic N) is 2. The zero-order valence-corrected chi connectivity index (χ0v) is 19.5. The van der Waals surface area contributed by atoms with Crippen molar-refractivity contribution >= 4 is 25.4 Å². The van der Waals surface area contributed by atoms with Gasteiger partial charge in [0.1, 0.15) is 0 Å². The molecule has 0 saturated carbocycles. The summed E-state index contributed by atoms with van der Waals surface area (Å²) >= 11 is 0. The number of pyridine rings is 2. The molecule has 0 N–H and O–H groups in total. The molecule has 3 rings (SSSR count). The predicted molar refractivity (Wildman–Crippen MR) is 122 cm³/mol. The number of rotatable bonds is 6. The molecule has 2 aromatic heterocycles. The average molecular weight is 412 g/mol. The smallest absolute Gasteiger partial charge is 0.404 e. The van der Waals surface area contributed by atoms with Crippen molar-refractivity contribution in [3.05, 3.63) is 48.8 Å². The first kappa shape index (κ1) is 24.5. The third kappa shape index (κ3) is 6.91. The van der Waals surface area contributed by atoms with Crippen molar-refractivity contribution in [2.45, 2.75) is 78.8 Å². The van der Waals surface area contributed by atoms with E-state index in [2.05, 4.69) is 9.97 Å². The van der Waals surface area contributed by atoms with Gasteiger partial charge in [0.2, 0.25) is 0 Å². The van der Waals surface area contributed by atoms with Gasteiger partial charge < -0.3 is 18.6 Å². The Bertz CT molecular complexity index is 695. The lowest BCUT2D eigenvalue weighted by Gasteiger charge is -2.32. The first-order valence-electron chi connectivity index (χ1n) is 10.5. The molecule has 0 radical (unpaired) electrons. The fourth-order valence-corrected chi connectivity index (χ4v) is 2.66. The van der Waals surface area contributed by atoms with Gasteiger partial charge in [-0.3, -0.25) is 9.97 Å². The lowest BCUT2D eigenvalue weighted by molar-refractivity contribution is 0.00578. The molecule has 0 bridgehead atoms. The Balaban J connectivity index is 0.000000214. The van der Waals surface area contributed by atoms with Crippen LogP contribution in [0.25, 0.3) is 0 Å². The summed E-state index contributed by atoms with van der Waals surface area (Å²) in [5, 5.41) is 0. The van der Waals surface area contributed by atoms with E-state index in [9.17, 15) is 0 Å². The minimum atomic E-state index is -0.369. The fraction of sp³-hybridized carbons (Fsp3) is 0.545. The van der Waals surface area contributed by atoms with Gasteiger partial charge in [-0.1, -0.05) is 12.1 Å². The summed E-state index contributed by atoms with van der Waals surface area (Å²) < 4.78 is 23.1. The second-order valence-corrected chi connectivity index (χ2v) is 8.80. The third-order valence-electron chi connectivity index (χ3n) is 4.90. The minimum Gasteiger partial charge on any atom is -0.404 e. The molecule has 30 heavy (non-hydrogen) atoms. The van der Waals surface area contributed by atoms with E-state index in [4.69, 9.17) is 18.6 Å². The summed E-state index contributed by atoms with van der Waals surface area (Å²) in [7, 11) is -0.720. The standard InChI is InChI=1S/C11H16BNO2.C11H18BNO2/c1-10(2)11(3,4)15-12(14-10)9-7-5-6-8-13-9;1-9(2)14-12(15-10(3)4)11-7-5-6-8-13-11/h5-8H,1-4H3;5-10H,1-4H3. The van der Waals surface area contributed by atoms with Gasteiger partial charge in [-0.25, -0.2) is 0 Å². The van der Waals surface area contributed by atoms with E-state index >= 15 is 0 Å². The lowest BCUT2D eigenvalue weighted by Crippen LogP contribution is -2.42. The van der Waals surface area contributed by atoms with Gasteiger partial charge >= 0.3 is 14.2 Å². The van der Waals surface area contributed by atoms with Crippen LogP contribution in [-0.4, -0.2) is 47.6 Å². The minimum absolute atomic E-state index is 0.121. The van der Waals surface area contributed by atoms with Crippen molar-refractivity contribution < 1.29 is 18.6 Å². The van der Waals surface area contributed by atoms with Crippen LogP contribution in [-0.2, 0) is 18.6 Å². The molecule has 3 heterocycles. The highest BCUT2D eigenvalue weighted by Gasteiger charge is 2.52. The average Bonchev–Trinajstić information content (AvgIpc) is 2.90. The van der Waals surface area contributed by atoms with Gasteiger partial charge in [0.05, 0.1) is 22.4 Å². The normalized spacial score (nSPS) is 17.1. The Hall–Kier alpha value is -1.73. The molecule has 2 aromatic rings. The molecular weight excluding hydrogens is 378 g/mol. The van der Waals surface area contributed by atoms with Crippen LogP contribution >= 0.6 is 0 Å². The summed E-state index contributed by atoms with van der Waals surface area (Å²) in [4.78, 5) is 8.48. The van der Waals surface area contributed by atoms with E-state index in [1.54, 1.807) is 12.4 Å². The van der Waals surface area contributed by atoms with Crippen molar-refractivity contribution in [2.24, 2.45) is 0 Å². The molecule has 0 aliphatic carbocycles. The van der Waals surface area contributed by atoms with Crippen LogP contribution in [0.2, 0.25) is 0 Å². The largest absolute Gasteiger partial charge is 0.514 e. The van der Waals surface area contributed by atoms with Crippen LogP contribution in [0.1, 0.15) is 55.4 Å². The predicted octanol–water partition coefficient (Wildman–Crippen LogP) is 3.01. The molecule has 0 amide bonds. The maximum Gasteiger partial charge on any atom is 0.514 e. The van der Waals surface area contributed by atoms with E-state index in [1.807, 2.05) is 91.8 Å². The maximum absolute atomic E-state index is 5.87. The zero-order valence-electron chi connectivity index (χ0n) is 19.5. The van der Waals surface area contributed by atoms with Gasteiger partial charge in [0.25, 0.3) is 0 Å². The molecule has 8 heteroatoms. The molecule has 1 fully saturated rings. The number of aromatic nitrogens is 2. The number of hydrogen-bond donors (Lipinski definition) is 0. The second-order valence-electron chi connectivity index (χ2n) is 8.80. The Labute approximate surface area is 182 Å². The van der Waals surface area contributed by atoms with Crippen molar-refractivity contribution in [1.82, 2.24) is 9.97 Å². The highest BCUT2D eigenvalue weighted by molar-refractivity contribution is 6.61. The first-order chi connectivity index (χ1) is 14.0. The van der Waals surface area contributed by atoms with Crippen LogP contribution < -0.4 is 11.2 Å². The molecule has 0 atom stereocenters. The molecule has 1 aliphatic heterocycles. The summed E-state index contributed by atoms with van der Waals surface area (Å²) in [6.45, 7) is 16.1. The summed E-state index contributed by atoms with van der Waals surface area (Å²) in [5.74, 6) is 0. The van der Waals surface area contributed by atoms with Crippen LogP contribution in [0.15, 0.2) is 48.8 Å². The molecule has 0 aromatic carbocycles. The number of hydrogen-bond acceptors (Lipinski definition) is 6.